The number of hydrogen-bond donors (Lipinski definition) is 2. The van der Waals surface area contributed by atoms with Crippen molar-refractivity contribution in [1.29, 1.82) is 0 Å². The van der Waals surface area contributed by atoms with Crippen LogP contribution in [0.5, 0.6) is 0 Å². The number of anilines is 1. The van der Waals surface area contributed by atoms with Gasteiger partial charge in [0, 0.05) is 18.8 Å². The SMILES string of the molecule is O=C(CCCc1ccccc1)Nc1nccnc1C(=O)O. The number of rotatable bonds is 6. The van der Waals surface area contributed by atoms with Gasteiger partial charge >= 0.3 is 5.97 Å². The molecule has 21 heavy (non-hydrogen) atoms. The molecule has 6 heteroatoms. The molecule has 0 atom stereocenters. The van der Waals surface area contributed by atoms with E-state index in [1.807, 2.05) is 30.3 Å². The Labute approximate surface area is 121 Å². The molecule has 0 aliphatic heterocycles. The molecular formula is C15H15N3O3. The normalized spacial score (nSPS) is 10.1. The molecule has 1 aromatic carbocycles. The van der Waals surface area contributed by atoms with Gasteiger partial charge in [-0.15, -0.1) is 0 Å². The summed E-state index contributed by atoms with van der Waals surface area (Å²) in [6.45, 7) is 0. The van der Waals surface area contributed by atoms with Crippen molar-refractivity contribution in [3.8, 4) is 0 Å². The van der Waals surface area contributed by atoms with Crippen molar-refractivity contribution in [2.24, 2.45) is 0 Å². The zero-order chi connectivity index (χ0) is 15.1. The summed E-state index contributed by atoms with van der Waals surface area (Å²) < 4.78 is 0. The number of carboxylic acids is 1. The lowest BCUT2D eigenvalue weighted by atomic mass is 10.1. The minimum absolute atomic E-state index is 0.0188. The minimum Gasteiger partial charge on any atom is -0.476 e. The third-order valence-corrected chi connectivity index (χ3v) is 2.87. The Morgan fingerprint density at radius 3 is 2.52 bits per heavy atom. The Bertz CT molecular complexity index is 629. The highest BCUT2D eigenvalue weighted by atomic mass is 16.4. The van der Waals surface area contributed by atoms with E-state index in [2.05, 4.69) is 15.3 Å². The van der Waals surface area contributed by atoms with E-state index in [-0.39, 0.29) is 17.4 Å². The standard InChI is InChI=1S/C15H15N3O3/c19-12(8-4-7-11-5-2-1-3-6-11)18-14-13(15(20)21)16-9-10-17-14/h1-3,5-6,9-10H,4,7-8H2,(H,20,21)(H,17,18,19). The van der Waals surface area contributed by atoms with Crippen LogP contribution in [-0.4, -0.2) is 27.0 Å². The molecule has 0 aliphatic rings. The molecular weight excluding hydrogens is 270 g/mol. The Kier molecular flexibility index (Phi) is 4.98. The lowest BCUT2D eigenvalue weighted by Gasteiger charge is -2.06. The predicted octanol–water partition coefficient (Wildman–Crippen LogP) is 2.14. The van der Waals surface area contributed by atoms with Gasteiger partial charge in [-0.1, -0.05) is 30.3 Å². The maximum Gasteiger partial charge on any atom is 0.358 e. The lowest BCUT2D eigenvalue weighted by Crippen LogP contribution is -2.16. The first-order chi connectivity index (χ1) is 10.2. The predicted molar refractivity (Wildman–Crippen MR) is 77.0 cm³/mol. The molecule has 1 amide bonds. The molecule has 6 nitrogen and oxygen atoms in total. The summed E-state index contributed by atoms with van der Waals surface area (Å²) in [6, 6.07) is 9.85. The lowest BCUT2D eigenvalue weighted by molar-refractivity contribution is -0.116. The number of amides is 1. The van der Waals surface area contributed by atoms with Crippen molar-refractivity contribution in [2.45, 2.75) is 19.3 Å². The number of carbonyl (C=O) groups is 2. The Balaban J connectivity index is 1.86. The molecule has 0 saturated heterocycles. The van der Waals surface area contributed by atoms with Crippen LogP contribution in [0, 0.1) is 0 Å². The molecule has 0 aliphatic carbocycles. The Hall–Kier alpha value is -2.76. The number of aromatic nitrogens is 2. The summed E-state index contributed by atoms with van der Waals surface area (Å²) in [5.41, 5.74) is 0.907. The number of aryl methyl sites for hydroxylation is 1. The Morgan fingerprint density at radius 2 is 1.81 bits per heavy atom. The van der Waals surface area contributed by atoms with Crippen LogP contribution < -0.4 is 5.32 Å². The zero-order valence-electron chi connectivity index (χ0n) is 11.3. The van der Waals surface area contributed by atoms with E-state index in [1.165, 1.54) is 12.4 Å². The molecule has 0 fully saturated rings. The molecule has 2 aromatic rings. The molecule has 0 spiro atoms. The van der Waals surface area contributed by atoms with Crippen molar-refractivity contribution in [2.75, 3.05) is 5.32 Å². The van der Waals surface area contributed by atoms with E-state index in [9.17, 15) is 9.59 Å². The number of hydrogen-bond acceptors (Lipinski definition) is 4. The monoisotopic (exact) mass is 285 g/mol. The second kappa shape index (κ2) is 7.14. The van der Waals surface area contributed by atoms with Gasteiger partial charge in [0.2, 0.25) is 5.91 Å². The number of nitrogens with zero attached hydrogens (tertiary/aromatic N) is 2. The van der Waals surface area contributed by atoms with Gasteiger partial charge in [0.05, 0.1) is 0 Å². The quantitative estimate of drug-likeness (QED) is 0.848. The highest BCUT2D eigenvalue weighted by Gasteiger charge is 2.14. The molecule has 2 rings (SSSR count). The molecule has 0 saturated carbocycles. The minimum atomic E-state index is -1.22. The summed E-state index contributed by atoms with van der Waals surface area (Å²) in [7, 11) is 0. The van der Waals surface area contributed by atoms with E-state index < -0.39 is 5.97 Å². The molecule has 2 N–H and O–H groups in total. The van der Waals surface area contributed by atoms with E-state index >= 15 is 0 Å². The van der Waals surface area contributed by atoms with Gasteiger partial charge in [0.15, 0.2) is 11.5 Å². The largest absolute Gasteiger partial charge is 0.476 e. The summed E-state index contributed by atoms with van der Waals surface area (Å²) >= 11 is 0. The molecule has 1 aromatic heterocycles. The topological polar surface area (TPSA) is 92.2 Å². The smallest absolute Gasteiger partial charge is 0.358 e. The van der Waals surface area contributed by atoms with Crippen molar-refractivity contribution in [3.05, 3.63) is 54.0 Å². The maximum atomic E-state index is 11.8. The van der Waals surface area contributed by atoms with Crippen LogP contribution in [0.25, 0.3) is 0 Å². The maximum absolute atomic E-state index is 11.8. The van der Waals surface area contributed by atoms with Crippen LogP contribution in [0.3, 0.4) is 0 Å². The van der Waals surface area contributed by atoms with Crippen LogP contribution in [0.2, 0.25) is 0 Å². The summed E-state index contributed by atoms with van der Waals surface area (Å²) in [5, 5.41) is 11.4. The number of carboxylic acid groups (broad SMARTS) is 1. The van der Waals surface area contributed by atoms with Gasteiger partial charge in [-0.3, -0.25) is 4.79 Å². The summed E-state index contributed by atoms with van der Waals surface area (Å²) in [6.07, 6.45) is 4.38. The summed E-state index contributed by atoms with van der Waals surface area (Å²) in [5.74, 6) is -1.51. The second-order valence-electron chi connectivity index (χ2n) is 4.45. The van der Waals surface area contributed by atoms with Gasteiger partial charge in [0.25, 0.3) is 0 Å². The number of nitrogens with one attached hydrogen (secondary N) is 1. The molecule has 108 valence electrons. The first kappa shape index (κ1) is 14.6. The van der Waals surface area contributed by atoms with Gasteiger partial charge in [0.1, 0.15) is 0 Å². The highest BCUT2D eigenvalue weighted by Crippen LogP contribution is 2.10. The van der Waals surface area contributed by atoms with E-state index in [0.29, 0.717) is 12.8 Å². The third-order valence-electron chi connectivity index (χ3n) is 2.87. The number of aromatic carboxylic acids is 1. The van der Waals surface area contributed by atoms with Gasteiger partial charge < -0.3 is 10.4 Å². The number of carbonyl (C=O) groups excluding carboxylic acids is 1. The Morgan fingerprint density at radius 1 is 1.10 bits per heavy atom. The van der Waals surface area contributed by atoms with Crippen LogP contribution in [-0.2, 0) is 11.2 Å². The van der Waals surface area contributed by atoms with Crippen molar-refractivity contribution in [1.82, 2.24) is 9.97 Å². The zero-order valence-corrected chi connectivity index (χ0v) is 11.3. The van der Waals surface area contributed by atoms with E-state index in [0.717, 1.165) is 12.0 Å². The average Bonchev–Trinajstić information content (AvgIpc) is 2.48. The fourth-order valence-corrected chi connectivity index (χ4v) is 1.88. The third kappa shape index (κ3) is 4.38. The molecule has 0 radical (unpaired) electrons. The fraction of sp³-hybridized carbons (Fsp3) is 0.200. The average molecular weight is 285 g/mol. The van der Waals surface area contributed by atoms with E-state index in [1.54, 1.807) is 0 Å². The van der Waals surface area contributed by atoms with Crippen molar-refractivity contribution >= 4 is 17.7 Å². The molecule has 1 heterocycles. The van der Waals surface area contributed by atoms with E-state index in [4.69, 9.17) is 5.11 Å². The molecule has 0 unspecified atom stereocenters. The fourth-order valence-electron chi connectivity index (χ4n) is 1.88. The van der Waals surface area contributed by atoms with Crippen molar-refractivity contribution < 1.29 is 14.7 Å². The van der Waals surface area contributed by atoms with Crippen molar-refractivity contribution in [3.63, 3.8) is 0 Å². The second-order valence-corrected chi connectivity index (χ2v) is 4.45. The van der Waals surface area contributed by atoms with Crippen LogP contribution in [0.4, 0.5) is 5.82 Å². The van der Waals surface area contributed by atoms with Crippen LogP contribution >= 0.6 is 0 Å². The summed E-state index contributed by atoms with van der Waals surface area (Å²) in [4.78, 5) is 30.3. The highest BCUT2D eigenvalue weighted by molar-refractivity contribution is 5.97. The first-order valence-electron chi connectivity index (χ1n) is 6.55. The first-order valence-corrected chi connectivity index (χ1v) is 6.55. The van der Waals surface area contributed by atoms with Gasteiger partial charge in [-0.25, -0.2) is 14.8 Å². The van der Waals surface area contributed by atoms with Crippen LogP contribution in [0.15, 0.2) is 42.7 Å². The van der Waals surface area contributed by atoms with Gasteiger partial charge in [-0.05, 0) is 18.4 Å². The molecule has 0 bridgehead atoms. The van der Waals surface area contributed by atoms with Crippen LogP contribution in [0.1, 0.15) is 28.9 Å². The van der Waals surface area contributed by atoms with Gasteiger partial charge in [-0.2, -0.15) is 0 Å². The number of benzene rings is 1.